The van der Waals surface area contributed by atoms with E-state index in [0.29, 0.717) is 5.92 Å². The highest BCUT2D eigenvalue weighted by Gasteiger charge is 2.46. The molecule has 2 nitrogen and oxygen atoms in total. The number of ether oxygens (including phenoxy) is 1. The summed E-state index contributed by atoms with van der Waals surface area (Å²) in [7, 11) is 0. The van der Waals surface area contributed by atoms with Crippen LogP contribution >= 0.6 is 0 Å². The predicted octanol–water partition coefficient (Wildman–Crippen LogP) is 3.29. The van der Waals surface area contributed by atoms with Crippen LogP contribution in [-0.4, -0.2) is 11.7 Å². The molecule has 2 heteroatoms. The lowest BCUT2D eigenvalue weighted by Gasteiger charge is -2.22. The molecule has 1 spiro atoms. The molecule has 2 unspecified atom stereocenters. The molecule has 0 amide bonds. The van der Waals surface area contributed by atoms with Gasteiger partial charge in [0.2, 0.25) is 0 Å². The van der Waals surface area contributed by atoms with Gasteiger partial charge in [0.05, 0.1) is 11.7 Å². The molecule has 2 atom stereocenters. The summed E-state index contributed by atoms with van der Waals surface area (Å²) in [4.78, 5) is 0. The van der Waals surface area contributed by atoms with Gasteiger partial charge in [-0.3, -0.25) is 0 Å². The smallest absolute Gasteiger partial charge is 0.0693 e. The van der Waals surface area contributed by atoms with E-state index in [9.17, 15) is 0 Å². The lowest BCUT2D eigenvalue weighted by Crippen LogP contribution is -2.23. The number of para-hydroxylation sites is 1. The molecular formula is C15H20NO. The van der Waals surface area contributed by atoms with Crippen LogP contribution in [0.15, 0.2) is 24.3 Å². The zero-order chi connectivity index (χ0) is 11.9. The summed E-state index contributed by atoms with van der Waals surface area (Å²) in [6, 6.07) is 8.13. The van der Waals surface area contributed by atoms with Gasteiger partial charge in [-0.1, -0.05) is 31.0 Å². The molecule has 1 aromatic carbocycles. The Morgan fingerprint density at radius 3 is 2.65 bits per heavy atom. The number of nitrogens with two attached hydrogens (primary N) is 1. The topological polar surface area (TPSA) is 35.2 Å². The first-order valence-electron chi connectivity index (χ1n) is 6.56. The van der Waals surface area contributed by atoms with Gasteiger partial charge in [-0.25, -0.2) is 0 Å². The third-order valence-electron chi connectivity index (χ3n) is 4.35. The Balaban J connectivity index is 1.87. The Labute approximate surface area is 103 Å². The number of hydrogen-bond donors (Lipinski definition) is 1. The summed E-state index contributed by atoms with van der Waals surface area (Å²) in [6.45, 7) is 4.18. The summed E-state index contributed by atoms with van der Waals surface area (Å²) in [5.74, 6) is 0.370. The van der Waals surface area contributed by atoms with Crippen LogP contribution in [0.1, 0.15) is 43.6 Å². The SMILES string of the molecule is [CH2]C1OC2(CCCC2)CC1c1ccccc1N. The van der Waals surface area contributed by atoms with Crippen molar-refractivity contribution in [2.45, 2.75) is 49.7 Å². The van der Waals surface area contributed by atoms with Crippen molar-refractivity contribution in [2.75, 3.05) is 5.73 Å². The molecule has 0 bridgehead atoms. The van der Waals surface area contributed by atoms with E-state index in [1.54, 1.807) is 0 Å². The van der Waals surface area contributed by atoms with Crippen molar-refractivity contribution in [3.63, 3.8) is 0 Å². The second-order valence-electron chi connectivity index (χ2n) is 5.49. The first kappa shape index (κ1) is 11.1. The quantitative estimate of drug-likeness (QED) is 0.751. The van der Waals surface area contributed by atoms with E-state index in [1.807, 2.05) is 12.1 Å². The van der Waals surface area contributed by atoms with Gasteiger partial charge < -0.3 is 10.5 Å². The van der Waals surface area contributed by atoms with Crippen LogP contribution in [0, 0.1) is 6.92 Å². The van der Waals surface area contributed by atoms with Crippen LogP contribution in [0.25, 0.3) is 0 Å². The number of anilines is 1. The minimum absolute atomic E-state index is 0.0535. The monoisotopic (exact) mass is 230 g/mol. The molecular weight excluding hydrogens is 210 g/mol. The van der Waals surface area contributed by atoms with E-state index in [4.69, 9.17) is 10.5 Å². The Morgan fingerprint density at radius 1 is 1.24 bits per heavy atom. The molecule has 1 saturated heterocycles. The van der Waals surface area contributed by atoms with Crippen LogP contribution in [0.4, 0.5) is 5.69 Å². The van der Waals surface area contributed by atoms with E-state index in [2.05, 4.69) is 19.1 Å². The zero-order valence-corrected chi connectivity index (χ0v) is 10.2. The van der Waals surface area contributed by atoms with Crippen molar-refractivity contribution in [1.82, 2.24) is 0 Å². The second kappa shape index (κ2) is 4.02. The molecule has 2 aliphatic rings. The minimum atomic E-state index is 0.0535. The summed E-state index contributed by atoms with van der Waals surface area (Å²) in [5.41, 5.74) is 8.28. The fourth-order valence-electron chi connectivity index (χ4n) is 3.48. The van der Waals surface area contributed by atoms with Gasteiger partial charge in [-0.05, 0) is 37.8 Å². The van der Waals surface area contributed by atoms with Crippen LogP contribution < -0.4 is 5.73 Å². The molecule has 3 rings (SSSR count). The maximum absolute atomic E-state index is 6.17. The van der Waals surface area contributed by atoms with Crippen LogP contribution in [-0.2, 0) is 4.74 Å². The second-order valence-corrected chi connectivity index (χ2v) is 5.49. The lowest BCUT2D eigenvalue weighted by molar-refractivity contribution is -0.0200. The van der Waals surface area contributed by atoms with Crippen LogP contribution in [0.2, 0.25) is 0 Å². The largest absolute Gasteiger partial charge is 0.398 e. The van der Waals surface area contributed by atoms with E-state index in [-0.39, 0.29) is 11.7 Å². The molecule has 1 aliphatic heterocycles. The standard InChI is InChI=1S/C15H20NO/c1-11-13(12-6-2-3-7-14(12)16)10-15(17-11)8-4-5-9-15/h2-3,6-7,11,13H,1,4-5,8-10,16H2. The highest BCUT2D eigenvalue weighted by Crippen LogP contribution is 2.49. The van der Waals surface area contributed by atoms with E-state index in [1.165, 1.54) is 31.2 Å². The molecule has 1 aromatic rings. The molecule has 1 heterocycles. The Morgan fingerprint density at radius 2 is 1.94 bits per heavy atom. The predicted molar refractivity (Wildman–Crippen MR) is 69.6 cm³/mol. The zero-order valence-electron chi connectivity index (χ0n) is 10.2. The number of nitrogen functional groups attached to an aromatic ring is 1. The average molecular weight is 230 g/mol. The average Bonchev–Trinajstić information content (AvgIpc) is 2.88. The maximum atomic E-state index is 6.17. The van der Waals surface area contributed by atoms with Crippen molar-refractivity contribution in [1.29, 1.82) is 0 Å². The molecule has 91 valence electrons. The van der Waals surface area contributed by atoms with E-state index >= 15 is 0 Å². The third-order valence-corrected chi connectivity index (χ3v) is 4.35. The number of hydrogen-bond acceptors (Lipinski definition) is 2. The van der Waals surface area contributed by atoms with Gasteiger partial charge in [0.25, 0.3) is 0 Å². The van der Waals surface area contributed by atoms with Gasteiger partial charge in [0.1, 0.15) is 0 Å². The molecule has 17 heavy (non-hydrogen) atoms. The Hall–Kier alpha value is -1.02. The van der Waals surface area contributed by atoms with Crippen molar-refractivity contribution in [3.8, 4) is 0 Å². The van der Waals surface area contributed by atoms with E-state index in [0.717, 1.165) is 12.1 Å². The lowest BCUT2D eigenvalue weighted by atomic mass is 9.85. The maximum Gasteiger partial charge on any atom is 0.0693 e. The molecule has 1 aliphatic carbocycles. The van der Waals surface area contributed by atoms with E-state index < -0.39 is 0 Å². The molecule has 1 saturated carbocycles. The van der Waals surface area contributed by atoms with Crippen molar-refractivity contribution in [2.24, 2.45) is 0 Å². The Kier molecular flexibility index (Phi) is 2.62. The van der Waals surface area contributed by atoms with Gasteiger partial charge in [-0.2, -0.15) is 0 Å². The fourth-order valence-corrected chi connectivity index (χ4v) is 3.48. The van der Waals surface area contributed by atoms with Gasteiger partial charge in [0.15, 0.2) is 0 Å². The highest BCUT2D eigenvalue weighted by atomic mass is 16.5. The molecule has 1 radical (unpaired) electrons. The fraction of sp³-hybridized carbons (Fsp3) is 0.533. The minimum Gasteiger partial charge on any atom is -0.398 e. The normalized spacial score (nSPS) is 31.1. The first-order valence-corrected chi connectivity index (χ1v) is 6.56. The van der Waals surface area contributed by atoms with Crippen LogP contribution in [0.5, 0.6) is 0 Å². The first-order chi connectivity index (χ1) is 8.20. The number of rotatable bonds is 1. The summed E-state index contributed by atoms with van der Waals surface area (Å²) in [6.07, 6.45) is 6.13. The third kappa shape index (κ3) is 1.85. The Bertz CT molecular complexity index is 409. The van der Waals surface area contributed by atoms with Crippen molar-refractivity contribution in [3.05, 3.63) is 36.8 Å². The summed E-state index contributed by atoms with van der Waals surface area (Å²) < 4.78 is 6.17. The van der Waals surface area contributed by atoms with Gasteiger partial charge >= 0.3 is 0 Å². The van der Waals surface area contributed by atoms with Crippen molar-refractivity contribution < 1.29 is 4.74 Å². The molecule has 0 aromatic heterocycles. The van der Waals surface area contributed by atoms with Crippen molar-refractivity contribution >= 4 is 5.69 Å². The van der Waals surface area contributed by atoms with Gasteiger partial charge in [0, 0.05) is 11.6 Å². The molecule has 2 fully saturated rings. The van der Waals surface area contributed by atoms with Crippen LogP contribution in [0.3, 0.4) is 0 Å². The summed E-state index contributed by atoms with van der Waals surface area (Å²) >= 11 is 0. The highest BCUT2D eigenvalue weighted by molar-refractivity contribution is 5.49. The summed E-state index contributed by atoms with van der Waals surface area (Å²) in [5, 5.41) is 0. The number of benzene rings is 1. The molecule has 2 N–H and O–H groups in total. The van der Waals surface area contributed by atoms with Gasteiger partial charge in [-0.15, -0.1) is 0 Å².